The van der Waals surface area contributed by atoms with Gasteiger partial charge in [0.25, 0.3) is 17.3 Å². The van der Waals surface area contributed by atoms with Gasteiger partial charge in [0.1, 0.15) is 5.75 Å². The van der Waals surface area contributed by atoms with Crippen molar-refractivity contribution in [2.75, 3.05) is 0 Å². The third kappa shape index (κ3) is 7.04. The maximum Gasteiger partial charge on any atom is 0.336 e. The van der Waals surface area contributed by atoms with E-state index in [0.717, 1.165) is 30.5 Å². The van der Waals surface area contributed by atoms with Crippen LogP contribution in [0.2, 0.25) is 5.02 Å². The van der Waals surface area contributed by atoms with Crippen LogP contribution in [0, 0.1) is 20.2 Å². The minimum atomic E-state index is -0.752. The van der Waals surface area contributed by atoms with Gasteiger partial charge in [-0.1, -0.05) is 23.7 Å². The van der Waals surface area contributed by atoms with E-state index in [0.29, 0.717) is 10.6 Å². The lowest BCUT2D eigenvalue weighted by Crippen LogP contribution is -2.17. The third-order valence-corrected chi connectivity index (χ3v) is 4.66. The molecule has 0 aliphatic rings. The van der Waals surface area contributed by atoms with Gasteiger partial charge in [-0.05, 0) is 42.0 Å². The van der Waals surface area contributed by atoms with Gasteiger partial charge in [0.05, 0.1) is 16.1 Å². The SMILES string of the molecule is O=C(/C=C/c1ccc(Cl)cc1)Oc1ccc([N+](=O)[O-])cc1/C=N/NC(=O)c1ccc([N+](=O)[O-])cc1. The molecule has 0 saturated heterocycles. The van der Waals surface area contributed by atoms with E-state index in [9.17, 15) is 29.8 Å². The number of benzene rings is 3. The van der Waals surface area contributed by atoms with Crippen LogP contribution in [0.3, 0.4) is 0 Å². The fourth-order valence-corrected chi connectivity index (χ4v) is 2.81. The van der Waals surface area contributed by atoms with Crippen LogP contribution in [0.5, 0.6) is 5.75 Å². The van der Waals surface area contributed by atoms with Gasteiger partial charge in [-0.3, -0.25) is 25.0 Å². The molecule has 3 aromatic carbocycles. The van der Waals surface area contributed by atoms with Gasteiger partial charge in [0.2, 0.25) is 0 Å². The van der Waals surface area contributed by atoms with Gasteiger partial charge in [0.15, 0.2) is 0 Å². The van der Waals surface area contributed by atoms with Crippen molar-refractivity contribution in [2.24, 2.45) is 5.10 Å². The second-order valence-electron chi connectivity index (χ2n) is 6.79. The maximum atomic E-state index is 12.2. The molecule has 12 heteroatoms. The molecule has 176 valence electrons. The molecule has 0 atom stereocenters. The van der Waals surface area contributed by atoms with E-state index in [4.69, 9.17) is 16.3 Å². The summed E-state index contributed by atoms with van der Waals surface area (Å²) in [5.41, 5.74) is 2.59. The molecule has 0 aromatic heterocycles. The number of carbonyl (C=O) groups is 2. The van der Waals surface area contributed by atoms with Crippen molar-refractivity contribution < 1.29 is 24.2 Å². The lowest BCUT2D eigenvalue weighted by atomic mass is 10.2. The van der Waals surface area contributed by atoms with Crippen molar-refractivity contribution in [1.82, 2.24) is 5.43 Å². The molecule has 0 aliphatic carbocycles. The standard InChI is InChI=1S/C23H15ClN4O7/c24-18-6-1-15(2-7-18)3-12-22(29)35-21-11-10-20(28(33)34)13-17(21)14-25-26-23(30)16-4-8-19(9-5-16)27(31)32/h1-14H,(H,26,30)/b12-3+,25-14+. The lowest BCUT2D eigenvalue weighted by molar-refractivity contribution is -0.385. The zero-order valence-corrected chi connectivity index (χ0v) is 18.4. The summed E-state index contributed by atoms with van der Waals surface area (Å²) >= 11 is 5.82. The van der Waals surface area contributed by atoms with Crippen LogP contribution < -0.4 is 10.2 Å². The van der Waals surface area contributed by atoms with Crippen LogP contribution in [-0.4, -0.2) is 27.9 Å². The number of nitro groups is 2. The van der Waals surface area contributed by atoms with E-state index >= 15 is 0 Å². The molecule has 1 N–H and O–H groups in total. The van der Waals surface area contributed by atoms with E-state index < -0.39 is 21.7 Å². The fourth-order valence-electron chi connectivity index (χ4n) is 2.68. The maximum absolute atomic E-state index is 12.2. The number of amides is 1. The number of nitrogens with zero attached hydrogens (tertiary/aromatic N) is 3. The first kappa shape index (κ1) is 24.7. The van der Waals surface area contributed by atoms with Gasteiger partial charge in [0, 0.05) is 46.5 Å². The summed E-state index contributed by atoms with van der Waals surface area (Å²) in [5.74, 6) is -1.46. The van der Waals surface area contributed by atoms with Crippen LogP contribution >= 0.6 is 11.6 Å². The van der Waals surface area contributed by atoms with Crippen molar-refractivity contribution in [3.05, 3.63) is 115 Å². The van der Waals surface area contributed by atoms with Crippen LogP contribution in [0.15, 0.2) is 77.9 Å². The smallest absolute Gasteiger partial charge is 0.336 e. The average Bonchev–Trinajstić information content (AvgIpc) is 2.84. The van der Waals surface area contributed by atoms with Crippen LogP contribution in [0.25, 0.3) is 6.08 Å². The lowest BCUT2D eigenvalue weighted by Gasteiger charge is -2.06. The molecule has 0 radical (unpaired) electrons. The molecule has 1 amide bonds. The van der Waals surface area contributed by atoms with Gasteiger partial charge in [-0.2, -0.15) is 5.10 Å². The molecule has 0 spiro atoms. The Kier molecular flexibility index (Phi) is 7.98. The summed E-state index contributed by atoms with van der Waals surface area (Å²) in [6.07, 6.45) is 3.74. The van der Waals surface area contributed by atoms with Crippen molar-refractivity contribution in [1.29, 1.82) is 0 Å². The number of hydrogen-bond acceptors (Lipinski definition) is 8. The number of non-ortho nitro benzene ring substituents is 2. The Morgan fingerprint density at radius 3 is 2.17 bits per heavy atom. The van der Waals surface area contributed by atoms with Gasteiger partial charge >= 0.3 is 5.97 Å². The number of ether oxygens (including phenoxy) is 1. The van der Waals surface area contributed by atoms with Crippen LogP contribution in [-0.2, 0) is 4.79 Å². The van der Waals surface area contributed by atoms with Crippen LogP contribution in [0.4, 0.5) is 11.4 Å². The van der Waals surface area contributed by atoms with E-state index in [1.54, 1.807) is 24.3 Å². The first-order chi connectivity index (χ1) is 16.7. The molecule has 0 saturated carbocycles. The molecule has 11 nitrogen and oxygen atoms in total. The molecule has 3 rings (SSSR count). The van der Waals surface area contributed by atoms with Crippen LogP contribution in [0.1, 0.15) is 21.5 Å². The molecule has 0 bridgehead atoms. The van der Waals surface area contributed by atoms with Gasteiger partial charge in [-0.25, -0.2) is 10.2 Å². The quantitative estimate of drug-likeness (QED) is 0.120. The monoisotopic (exact) mass is 494 g/mol. The number of nitrogens with one attached hydrogen (secondary N) is 1. The Balaban J connectivity index is 1.74. The highest BCUT2D eigenvalue weighted by Gasteiger charge is 2.13. The highest BCUT2D eigenvalue weighted by atomic mass is 35.5. The van der Waals surface area contributed by atoms with Crippen molar-refractivity contribution >= 4 is 47.1 Å². The summed E-state index contributed by atoms with van der Waals surface area (Å²) in [5, 5.41) is 26.1. The Bertz CT molecular complexity index is 1340. The first-order valence-corrected chi connectivity index (χ1v) is 10.1. The zero-order chi connectivity index (χ0) is 25.4. The summed E-state index contributed by atoms with van der Waals surface area (Å²) in [6.45, 7) is 0. The number of halogens is 1. The first-order valence-electron chi connectivity index (χ1n) is 9.74. The second-order valence-corrected chi connectivity index (χ2v) is 7.22. The summed E-state index contributed by atoms with van der Waals surface area (Å²) in [7, 11) is 0. The second kappa shape index (κ2) is 11.3. The number of rotatable bonds is 8. The van der Waals surface area contributed by atoms with Crippen molar-refractivity contribution in [3.63, 3.8) is 0 Å². The molecule has 0 aliphatic heterocycles. The largest absolute Gasteiger partial charge is 0.423 e. The van der Waals surface area contributed by atoms with E-state index in [1.807, 2.05) is 0 Å². The average molecular weight is 495 g/mol. The minimum Gasteiger partial charge on any atom is -0.423 e. The number of carbonyl (C=O) groups excluding carboxylic acids is 2. The highest BCUT2D eigenvalue weighted by molar-refractivity contribution is 6.30. The number of hydrazone groups is 1. The summed E-state index contributed by atoms with van der Waals surface area (Å²) in [6, 6.07) is 15.0. The van der Waals surface area contributed by atoms with Gasteiger partial charge < -0.3 is 4.74 Å². The highest BCUT2D eigenvalue weighted by Crippen LogP contribution is 2.23. The van der Waals surface area contributed by atoms with E-state index in [-0.39, 0.29) is 28.3 Å². The predicted octanol–water partition coefficient (Wildman–Crippen LogP) is 4.54. The molecule has 0 fully saturated rings. The molecule has 0 unspecified atom stereocenters. The number of nitro benzene ring substituents is 2. The predicted molar refractivity (Wildman–Crippen MR) is 127 cm³/mol. The fraction of sp³-hybridized carbons (Fsp3) is 0. The third-order valence-electron chi connectivity index (χ3n) is 4.41. The number of hydrogen-bond donors (Lipinski definition) is 1. The van der Waals surface area contributed by atoms with Crippen molar-refractivity contribution in [3.8, 4) is 5.75 Å². The topological polar surface area (TPSA) is 154 Å². The Morgan fingerprint density at radius 1 is 0.914 bits per heavy atom. The molecule has 35 heavy (non-hydrogen) atoms. The zero-order valence-electron chi connectivity index (χ0n) is 17.7. The van der Waals surface area contributed by atoms with E-state index in [1.165, 1.54) is 30.4 Å². The van der Waals surface area contributed by atoms with Gasteiger partial charge in [-0.15, -0.1) is 0 Å². The van der Waals surface area contributed by atoms with Crippen molar-refractivity contribution in [2.45, 2.75) is 0 Å². The molecular weight excluding hydrogens is 480 g/mol. The Morgan fingerprint density at radius 2 is 1.54 bits per heavy atom. The summed E-state index contributed by atoms with van der Waals surface area (Å²) in [4.78, 5) is 45.0. The Hall–Kier alpha value is -4.90. The number of esters is 1. The molecule has 0 heterocycles. The molecule has 3 aromatic rings. The Labute approximate surface area is 202 Å². The molecular formula is C23H15ClN4O7. The summed E-state index contributed by atoms with van der Waals surface area (Å²) < 4.78 is 5.26. The normalized spacial score (nSPS) is 10.9. The van der Waals surface area contributed by atoms with E-state index in [2.05, 4.69) is 10.5 Å². The minimum absolute atomic E-state index is 0.0327.